The van der Waals surface area contributed by atoms with E-state index >= 15 is 0 Å². The summed E-state index contributed by atoms with van der Waals surface area (Å²) in [5, 5.41) is 4.50. The number of nitrogens with two attached hydrogens (primary N) is 1. The van der Waals surface area contributed by atoms with Crippen LogP contribution in [0.2, 0.25) is 0 Å². The van der Waals surface area contributed by atoms with Gasteiger partial charge in [-0.05, 0) is 37.6 Å². The molecule has 114 valence electrons. The number of nitrogens with zero attached hydrogens (tertiary/aromatic N) is 1. The molecule has 1 aromatic heterocycles. The van der Waals surface area contributed by atoms with E-state index in [1.807, 2.05) is 31.2 Å². The normalized spacial score (nSPS) is 11.0. The molecule has 3 N–H and O–H groups in total. The van der Waals surface area contributed by atoms with Crippen molar-refractivity contribution in [1.29, 1.82) is 0 Å². The van der Waals surface area contributed by atoms with Gasteiger partial charge in [-0.15, -0.1) is 0 Å². The van der Waals surface area contributed by atoms with E-state index < -0.39 is 0 Å². The molecule has 0 fully saturated rings. The topological polar surface area (TPSA) is 69.4 Å². The Balaban J connectivity index is 1.93. The van der Waals surface area contributed by atoms with Gasteiger partial charge in [0.2, 0.25) is 0 Å². The van der Waals surface area contributed by atoms with Crippen molar-refractivity contribution >= 4 is 22.3 Å². The molecule has 0 unspecified atom stereocenters. The van der Waals surface area contributed by atoms with Crippen molar-refractivity contribution in [2.75, 3.05) is 44.5 Å². The van der Waals surface area contributed by atoms with E-state index in [0.29, 0.717) is 13.2 Å². The molecule has 2 aromatic rings. The Kier molecular flexibility index (Phi) is 5.78. The number of methoxy groups -OCH3 is 1. The van der Waals surface area contributed by atoms with Crippen molar-refractivity contribution in [2.24, 2.45) is 0 Å². The summed E-state index contributed by atoms with van der Waals surface area (Å²) >= 11 is 0. The first-order chi connectivity index (χ1) is 10.2. The van der Waals surface area contributed by atoms with Gasteiger partial charge >= 0.3 is 0 Å². The summed E-state index contributed by atoms with van der Waals surface area (Å²) in [6.45, 7) is 4.85. The van der Waals surface area contributed by atoms with Gasteiger partial charge in [0.25, 0.3) is 0 Å². The third-order valence-corrected chi connectivity index (χ3v) is 3.17. The highest BCUT2D eigenvalue weighted by atomic mass is 16.5. The molecule has 0 aliphatic carbocycles. The minimum absolute atomic E-state index is 0.640. The third-order valence-electron chi connectivity index (χ3n) is 3.17. The first-order valence-corrected chi connectivity index (χ1v) is 7.18. The van der Waals surface area contributed by atoms with E-state index in [4.69, 9.17) is 15.2 Å². The fourth-order valence-electron chi connectivity index (χ4n) is 2.16. The lowest BCUT2D eigenvalue weighted by atomic mass is 10.1. The second-order valence-corrected chi connectivity index (χ2v) is 4.97. The molecule has 1 heterocycles. The largest absolute Gasteiger partial charge is 0.399 e. The van der Waals surface area contributed by atoms with Crippen LogP contribution in [0.3, 0.4) is 0 Å². The summed E-state index contributed by atoms with van der Waals surface area (Å²) in [7, 11) is 1.67. The number of aryl methyl sites for hydroxylation is 1. The van der Waals surface area contributed by atoms with Crippen LogP contribution in [0.4, 0.5) is 11.4 Å². The van der Waals surface area contributed by atoms with Crippen LogP contribution in [0.5, 0.6) is 0 Å². The van der Waals surface area contributed by atoms with Crippen molar-refractivity contribution in [2.45, 2.75) is 13.3 Å². The average Bonchev–Trinajstić information content (AvgIpc) is 2.47. The Bertz CT molecular complexity index is 587. The van der Waals surface area contributed by atoms with Gasteiger partial charge in [-0.2, -0.15) is 0 Å². The Morgan fingerprint density at radius 1 is 1.19 bits per heavy atom. The van der Waals surface area contributed by atoms with Gasteiger partial charge in [-0.25, -0.2) is 0 Å². The minimum Gasteiger partial charge on any atom is -0.399 e. The Hall–Kier alpha value is -1.85. The second kappa shape index (κ2) is 7.81. The average molecular weight is 289 g/mol. The van der Waals surface area contributed by atoms with E-state index in [1.165, 1.54) is 0 Å². The number of hydrogen-bond acceptors (Lipinski definition) is 5. The lowest BCUT2D eigenvalue weighted by molar-refractivity contribution is 0.0705. The Morgan fingerprint density at radius 2 is 2.05 bits per heavy atom. The lowest BCUT2D eigenvalue weighted by Gasteiger charge is -2.11. The number of hydrogen-bond donors (Lipinski definition) is 2. The zero-order valence-corrected chi connectivity index (χ0v) is 12.7. The van der Waals surface area contributed by atoms with Gasteiger partial charge in [-0.1, -0.05) is 0 Å². The van der Waals surface area contributed by atoms with Crippen molar-refractivity contribution < 1.29 is 9.47 Å². The molecule has 5 nitrogen and oxygen atoms in total. The number of ether oxygens (including phenoxy) is 2. The maximum atomic E-state index is 5.87. The van der Waals surface area contributed by atoms with Gasteiger partial charge in [-0.3, -0.25) is 4.98 Å². The lowest BCUT2D eigenvalue weighted by Crippen LogP contribution is -2.09. The zero-order chi connectivity index (χ0) is 15.1. The van der Waals surface area contributed by atoms with Crippen LogP contribution in [-0.2, 0) is 9.47 Å². The quantitative estimate of drug-likeness (QED) is 0.577. The van der Waals surface area contributed by atoms with Gasteiger partial charge in [0.15, 0.2) is 0 Å². The fraction of sp³-hybridized carbons (Fsp3) is 0.438. The number of fused-ring (bicyclic) bond motifs is 1. The highest BCUT2D eigenvalue weighted by molar-refractivity contribution is 5.93. The fourth-order valence-corrected chi connectivity index (χ4v) is 2.16. The molecule has 1 aromatic carbocycles. The van der Waals surface area contributed by atoms with Crippen molar-refractivity contribution in [3.63, 3.8) is 0 Å². The molecule has 21 heavy (non-hydrogen) atoms. The minimum atomic E-state index is 0.640. The molecule has 0 aliphatic rings. The molecule has 0 amide bonds. The van der Waals surface area contributed by atoms with Crippen LogP contribution in [0, 0.1) is 6.92 Å². The summed E-state index contributed by atoms with van der Waals surface area (Å²) in [5.41, 5.74) is 9.64. The number of aromatic nitrogens is 1. The monoisotopic (exact) mass is 289 g/mol. The maximum Gasteiger partial charge on any atom is 0.0727 e. The molecule has 0 bridgehead atoms. The molecule has 0 spiro atoms. The first kappa shape index (κ1) is 15.5. The zero-order valence-electron chi connectivity index (χ0n) is 12.7. The molecule has 0 aliphatic heterocycles. The summed E-state index contributed by atoms with van der Waals surface area (Å²) in [4.78, 5) is 4.52. The van der Waals surface area contributed by atoms with Crippen LogP contribution in [0.15, 0.2) is 24.3 Å². The molecule has 2 rings (SSSR count). The number of rotatable bonds is 8. The molecule has 0 saturated carbocycles. The van der Waals surface area contributed by atoms with Crippen LogP contribution < -0.4 is 11.1 Å². The highest BCUT2D eigenvalue weighted by Gasteiger charge is 2.04. The Morgan fingerprint density at radius 3 is 2.86 bits per heavy atom. The van der Waals surface area contributed by atoms with Gasteiger partial charge in [0, 0.05) is 42.7 Å². The summed E-state index contributed by atoms with van der Waals surface area (Å²) < 4.78 is 10.4. The van der Waals surface area contributed by atoms with Crippen LogP contribution in [0.1, 0.15) is 12.1 Å². The van der Waals surface area contributed by atoms with Gasteiger partial charge in [0.1, 0.15) is 0 Å². The predicted octanol–water partition coefficient (Wildman–Crippen LogP) is 2.59. The van der Waals surface area contributed by atoms with Crippen LogP contribution in [-0.4, -0.2) is 38.5 Å². The third kappa shape index (κ3) is 4.58. The van der Waals surface area contributed by atoms with Crippen molar-refractivity contribution in [3.8, 4) is 0 Å². The van der Waals surface area contributed by atoms with Crippen molar-refractivity contribution in [3.05, 3.63) is 30.0 Å². The number of benzene rings is 1. The molecule has 0 saturated heterocycles. The second-order valence-electron chi connectivity index (χ2n) is 4.97. The summed E-state index contributed by atoms with van der Waals surface area (Å²) in [6, 6.07) is 7.84. The Labute approximate surface area is 125 Å². The van der Waals surface area contributed by atoms with Crippen LogP contribution >= 0.6 is 0 Å². The molecular weight excluding hydrogens is 266 g/mol. The predicted molar refractivity (Wildman–Crippen MR) is 86.7 cm³/mol. The number of nitrogen functional groups attached to an aromatic ring is 1. The van der Waals surface area contributed by atoms with E-state index in [9.17, 15) is 0 Å². The van der Waals surface area contributed by atoms with Crippen LogP contribution in [0.25, 0.3) is 10.9 Å². The first-order valence-electron chi connectivity index (χ1n) is 7.18. The maximum absolute atomic E-state index is 5.87. The van der Waals surface area contributed by atoms with E-state index in [0.717, 1.165) is 47.5 Å². The van der Waals surface area contributed by atoms with Crippen molar-refractivity contribution in [1.82, 2.24) is 4.98 Å². The smallest absolute Gasteiger partial charge is 0.0727 e. The number of pyridine rings is 1. The molecular formula is C16H23N3O2. The molecule has 0 atom stereocenters. The highest BCUT2D eigenvalue weighted by Crippen LogP contribution is 2.25. The standard InChI is InChI=1S/C16H23N3O2/c1-12-10-16(18-6-3-7-21-9-8-20-2)14-11-13(17)4-5-15(14)19-12/h4-5,10-11H,3,6-9,17H2,1-2H3,(H,18,19). The van der Waals surface area contributed by atoms with Gasteiger partial charge < -0.3 is 20.5 Å². The van der Waals surface area contributed by atoms with E-state index in [2.05, 4.69) is 10.3 Å². The van der Waals surface area contributed by atoms with E-state index in [-0.39, 0.29) is 0 Å². The van der Waals surface area contributed by atoms with Gasteiger partial charge in [0.05, 0.1) is 18.7 Å². The summed E-state index contributed by atoms with van der Waals surface area (Å²) in [6.07, 6.45) is 0.939. The number of nitrogens with one attached hydrogen (secondary N) is 1. The number of anilines is 2. The molecule has 5 heteroatoms. The SMILES string of the molecule is COCCOCCCNc1cc(C)nc2ccc(N)cc12. The summed E-state index contributed by atoms with van der Waals surface area (Å²) in [5.74, 6) is 0. The van der Waals surface area contributed by atoms with E-state index in [1.54, 1.807) is 7.11 Å². The molecule has 0 radical (unpaired) electrons.